The molecule has 0 spiro atoms. The van der Waals surface area contributed by atoms with Crippen LogP contribution < -0.4 is 11.1 Å². The fraction of sp³-hybridized carbons (Fsp3) is 0.455. The largest absolute Gasteiger partial charge is 0.416 e. The van der Waals surface area contributed by atoms with Crippen LogP contribution in [-0.2, 0) is 6.18 Å². The van der Waals surface area contributed by atoms with Crippen LogP contribution in [-0.4, -0.2) is 17.3 Å². The molecule has 0 atom stereocenters. The molecule has 4 N–H and O–H groups in total. The molecule has 0 heterocycles. The smallest absolute Gasteiger partial charge is 0.397 e. The summed E-state index contributed by atoms with van der Waals surface area (Å²) in [7, 11) is 0. The van der Waals surface area contributed by atoms with Gasteiger partial charge in [0.15, 0.2) is 0 Å². The summed E-state index contributed by atoms with van der Waals surface area (Å²) < 4.78 is 37.1. The van der Waals surface area contributed by atoms with Gasteiger partial charge < -0.3 is 16.2 Å². The molecule has 0 radical (unpaired) electrons. The molecule has 0 bridgehead atoms. The van der Waals surface area contributed by atoms with E-state index in [0.29, 0.717) is 18.5 Å². The SMILES string of the molecule is Nc1cc(C(F)(F)F)ccc1NC1CC(O)C1. The van der Waals surface area contributed by atoms with Crippen LogP contribution in [0.1, 0.15) is 18.4 Å². The average molecular weight is 246 g/mol. The molecule has 1 fully saturated rings. The normalized spacial score (nSPS) is 24.2. The Kier molecular flexibility index (Phi) is 2.91. The molecular formula is C11H13F3N2O. The highest BCUT2D eigenvalue weighted by atomic mass is 19.4. The molecule has 1 aliphatic rings. The predicted octanol–water partition coefficient (Wildman–Crippen LogP) is 2.22. The van der Waals surface area contributed by atoms with E-state index in [-0.39, 0.29) is 17.8 Å². The number of nitrogens with one attached hydrogen (secondary N) is 1. The van der Waals surface area contributed by atoms with E-state index in [1.807, 2.05) is 0 Å². The Morgan fingerprint density at radius 3 is 2.41 bits per heavy atom. The maximum absolute atomic E-state index is 12.4. The minimum atomic E-state index is -4.38. The van der Waals surface area contributed by atoms with Gasteiger partial charge in [0.05, 0.1) is 23.0 Å². The molecule has 6 heteroatoms. The zero-order valence-electron chi connectivity index (χ0n) is 8.96. The van der Waals surface area contributed by atoms with Crippen LogP contribution >= 0.6 is 0 Å². The quantitative estimate of drug-likeness (QED) is 0.701. The van der Waals surface area contributed by atoms with Gasteiger partial charge in [-0.2, -0.15) is 13.2 Å². The van der Waals surface area contributed by atoms with Crippen molar-refractivity contribution in [3.05, 3.63) is 23.8 Å². The number of anilines is 2. The number of alkyl halides is 3. The Bertz CT molecular complexity index is 414. The molecule has 3 nitrogen and oxygen atoms in total. The first kappa shape index (κ1) is 12.0. The average Bonchev–Trinajstić information content (AvgIpc) is 2.16. The van der Waals surface area contributed by atoms with Crippen LogP contribution in [0.3, 0.4) is 0 Å². The number of hydrogen-bond donors (Lipinski definition) is 3. The van der Waals surface area contributed by atoms with Crippen molar-refractivity contribution in [2.75, 3.05) is 11.1 Å². The minimum absolute atomic E-state index is 0.0706. The van der Waals surface area contributed by atoms with Gasteiger partial charge >= 0.3 is 6.18 Å². The van der Waals surface area contributed by atoms with Crippen molar-refractivity contribution in [2.24, 2.45) is 0 Å². The summed E-state index contributed by atoms with van der Waals surface area (Å²) in [4.78, 5) is 0. The van der Waals surface area contributed by atoms with Crippen LogP contribution in [0, 0.1) is 0 Å². The van der Waals surface area contributed by atoms with Gasteiger partial charge in [-0.1, -0.05) is 0 Å². The summed E-state index contributed by atoms with van der Waals surface area (Å²) >= 11 is 0. The molecule has 17 heavy (non-hydrogen) atoms. The van der Waals surface area contributed by atoms with Gasteiger partial charge in [0.2, 0.25) is 0 Å². The maximum atomic E-state index is 12.4. The second-order valence-corrected chi connectivity index (χ2v) is 4.27. The Balaban J connectivity index is 2.09. The summed E-state index contributed by atoms with van der Waals surface area (Å²) in [5.74, 6) is 0. The Labute approximate surface area is 96.4 Å². The molecule has 0 amide bonds. The number of halogens is 3. The number of hydrogen-bond acceptors (Lipinski definition) is 3. The van der Waals surface area contributed by atoms with Crippen molar-refractivity contribution in [3.8, 4) is 0 Å². The van der Waals surface area contributed by atoms with E-state index in [2.05, 4.69) is 5.32 Å². The van der Waals surface area contributed by atoms with Crippen LogP contribution in [0.25, 0.3) is 0 Å². The van der Waals surface area contributed by atoms with Gasteiger partial charge in [0, 0.05) is 6.04 Å². The fourth-order valence-electron chi connectivity index (χ4n) is 1.80. The lowest BCUT2D eigenvalue weighted by molar-refractivity contribution is -0.137. The lowest BCUT2D eigenvalue weighted by Gasteiger charge is -2.33. The van der Waals surface area contributed by atoms with E-state index < -0.39 is 11.7 Å². The molecule has 94 valence electrons. The van der Waals surface area contributed by atoms with E-state index in [4.69, 9.17) is 10.8 Å². The lowest BCUT2D eigenvalue weighted by atomic mass is 9.89. The van der Waals surface area contributed by atoms with Gasteiger partial charge in [-0.15, -0.1) is 0 Å². The van der Waals surface area contributed by atoms with Crippen molar-refractivity contribution < 1.29 is 18.3 Å². The zero-order valence-corrected chi connectivity index (χ0v) is 8.96. The van der Waals surface area contributed by atoms with Gasteiger partial charge in [0.1, 0.15) is 0 Å². The predicted molar refractivity (Wildman–Crippen MR) is 58.5 cm³/mol. The first-order valence-corrected chi connectivity index (χ1v) is 5.27. The second-order valence-electron chi connectivity index (χ2n) is 4.27. The summed E-state index contributed by atoms with van der Waals surface area (Å²) in [6.45, 7) is 0. The van der Waals surface area contributed by atoms with E-state index in [1.54, 1.807) is 0 Å². The summed E-state index contributed by atoms with van der Waals surface area (Å²) in [5.41, 5.74) is 5.35. The monoisotopic (exact) mass is 246 g/mol. The van der Waals surface area contributed by atoms with E-state index in [1.165, 1.54) is 6.07 Å². The number of aliphatic hydroxyl groups excluding tert-OH is 1. The number of aliphatic hydroxyl groups is 1. The summed E-state index contributed by atoms with van der Waals surface area (Å²) in [5, 5.41) is 12.1. The molecule has 0 aromatic heterocycles. The molecule has 0 aliphatic heterocycles. The third-order valence-electron chi connectivity index (χ3n) is 2.85. The maximum Gasteiger partial charge on any atom is 0.416 e. The molecule has 1 aliphatic carbocycles. The molecule has 1 aromatic carbocycles. The summed E-state index contributed by atoms with van der Waals surface area (Å²) in [6, 6.07) is 3.32. The highest BCUT2D eigenvalue weighted by Crippen LogP contribution is 2.34. The molecule has 1 aromatic rings. The van der Waals surface area contributed by atoms with Crippen molar-refractivity contribution in [1.29, 1.82) is 0 Å². The van der Waals surface area contributed by atoms with Crippen molar-refractivity contribution in [1.82, 2.24) is 0 Å². The minimum Gasteiger partial charge on any atom is -0.397 e. The van der Waals surface area contributed by atoms with E-state index in [0.717, 1.165) is 12.1 Å². The molecule has 2 rings (SSSR count). The number of rotatable bonds is 2. The van der Waals surface area contributed by atoms with Crippen LogP contribution in [0.2, 0.25) is 0 Å². The van der Waals surface area contributed by atoms with Crippen LogP contribution in [0.4, 0.5) is 24.5 Å². The van der Waals surface area contributed by atoms with Gasteiger partial charge in [-0.3, -0.25) is 0 Å². The Hall–Kier alpha value is -1.43. The fourth-order valence-corrected chi connectivity index (χ4v) is 1.80. The third kappa shape index (κ3) is 2.63. The lowest BCUT2D eigenvalue weighted by Crippen LogP contribution is -2.39. The van der Waals surface area contributed by atoms with E-state index >= 15 is 0 Å². The Morgan fingerprint density at radius 1 is 1.29 bits per heavy atom. The molecule has 0 unspecified atom stereocenters. The van der Waals surface area contributed by atoms with Crippen molar-refractivity contribution >= 4 is 11.4 Å². The van der Waals surface area contributed by atoms with E-state index in [9.17, 15) is 13.2 Å². The van der Waals surface area contributed by atoms with Gasteiger partial charge in [0.25, 0.3) is 0 Å². The number of nitrogens with two attached hydrogens (primary N) is 1. The Morgan fingerprint density at radius 2 is 1.94 bits per heavy atom. The highest BCUT2D eigenvalue weighted by molar-refractivity contribution is 5.67. The van der Waals surface area contributed by atoms with Crippen LogP contribution in [0.15, 0.2) is 18.2 Å². The number of benzene rings is 1. The summed E-state index contributed by atoms with van der Waals surface area (Å²) in [6.07, 6.45) is -3.50. The molecule has 0 saturated heterocycles. The standard InChI is InChI=1S/C11H13F3N2O/c12-11(13,14)6-1-2-10(9(15)3-6)16-7-4-8(17)5-7/h1-3,7-8,16-17H,4-5,15H2. The second kappa shape index (κ2) is 4.10. The van der Waals surface area contributed by atoms with Gasteiger partial charge in [-0.05, 0) is 31.0 Å². The number of nitrogen functional groups attached to an aromatic ring is 1. The first-order valence-electron chi connectivity index (χ1n) is 5.27. The van der Waals surface area contributed by atoms with Crippen molar-refractivity contribution in [3.63, 3.8) is 0 Å². The first-order chi connectivity index (χ1) is 7.86. The van der Waals surface area contributed by atoms with Gasteiger partial charge in [-0.25, -0.2) is 0 Å². The third-order valence-corrected chi connectivity index (χ3v) is 2.85. The van der Waals surface area contributed by atoms with Crippen molar-refractivity contribution in [2.45, 2.75) is 31.2 Å². The molecular weight excluding hydrogens is 233 g/mol. The van der Waals surface area contributed by atoms with Crippen LogP contribution in [0.5, 0.6) is 0 Å². The zero-order chi connectivity index (χ0) is 12.6. The topological polar surface area (TPSA) is 58.3 Å². The highest BCUT2D eigenvalue weighted by Gasteiger charge is 2.31. The molecule has 1 saturated carbocycles.